The quantitative estimate of drug-likeness (QED) is 0.796. The first-order chi connectivity index (χ1) is 7.79. The van der Waals surface area contributed by atoms with Crippen LogP contribution >= 0.6 is 0 Å². The van der Waals surface area contributed by atoms with Crippen LogP contribution in [-0.4, -0.2) is 14.5 Å². The Morgan fingerprint density at radius 2 is 2.44 bits per heavy atom. The lowest BCUT2D eigenvalue weighted by molar-refractivity contribution is 0.681. The number of aromatic amines is 1. The van der Waals surface area contributed by atoms with Gasteiger partial charge < -0.3 is 14.9 Å². The topological polar surface area (TPSA) is 69.4 Å². The summed E-state index contributed by atoms with van der Waals surface area (Å²) in [7, 11) is 1.87. The predicted octanol–water partition coefficient (Wildman–Crippen LogP) is 0.910. The molecule has 2 rings (SSSR count). The minimum Gasteiger partial charge on any atom is -0.347 e. The minimum atomic E-state index is 0.679. The van der Waals surface area contributed by atoms with Crippen LogP contribution in [0.4, 0.5) is 0 Å². The van der Waals surface area contributed by atoms with E-state index in [2.05, 4.69) is 21.4 Å². The van der Waals surface area contributed by atoms with E-state index >= 15 is 0 Å². The highest BCUT2D eigenvalue weighted by Gasteiger charge is 2.01. The summed E-state index contributed by atoms with van der Waals surface area (Å²) in [4.78, 5) is 6.96. The number of nitriles is 1. The zero-order valence-electron chi connectivity index (χ0n) is 9.07. The highest BCUT2D eigenvalue weighted by atomic mass is 15.0. The van der Waals surface area contributed by atoms with Gasteiger partial charge in [-0.05, 0) is 11.6 Å². The fourth-order valence-electron chi connectivity index (χ4n) is 1.56. The molecule has 5 nitrogen and oxygen atoms in total. The Hall–Kier alpha value is -2.06. The minimum absolute atomic E-state index is 0.679. The first-order valence-electron chi connectivity index (χ1n) is 5.03. The van der Waals surface area contributed by atoms with E-state index in [9.17, 15) is 0 Å². The van der Waals surface area contributed by atoms with Gasteiger partial charge in [-0.3, -0.25) is 0 Å². The second-order valence-electron chi connectivity index (χ2n) is 3.64. The maximum Gasteiger partial charge on any atom is 0.120 e. The lowest BCUT2D eigenvalue weighted by Crippen LogP contribution is -2.12. The van der Waals surface area contributed by atoms with Crippen molar-refractivity contribution < 1.29 is 0 Å². The fraction of sp³-hybridized carbons (Fsp3) is 0.273. The molecule has 0 radical (unpaired) electrons. The van der Waals surface area contributed by atoms with Gasteiger partial charge in [-0.25, -0.2) is 4.98 Å². The molecular formula is C11H13N5. The maximum absolute atomic E-state index is 8.80. The number of hydrogen-bond donors (Lipinski definition) is 2. The van der Waals surface area contributed by atoms with Gasteiger partial charge in [0.25, 0.3) is 0 Å². The van der Waals surface area contributed by atoms with Crippen molar-refractivity contribution in [3.8, 4) is 6.07 Å². The van der Waals surface area contributed by atoms with Crippen molar-refractivity contribution in [2.75, 3.05) is 0 Å². The third-order valence-corrected chi connectivity index (χ3v) is 2.38. The molecule has 0 aromatic carbocycles. The number of imidazole rings is 1. The molecule has 2 heterocycles. The molecule has 0 saturated heterocycles. The van der Waals surface area contributed by atoms with Crippen molar-refractivity contribution in [1.82, 2.24) is 19.9 Å². The van der Waals surface area contributed by atoms with E-state index in [1.807, 2.05) is 23.9 Å². The molecule has 0 saturated carbocycles. The van der Waals surface area contributed by atoms with Crippen LogP contribution in [0, 0.1) is 11.3 Å². The molecule has 0 atom stereocenters. The summed E-state index contributed by atoms with van der Waals surface area (Å²) >= 11 is 0. The van der Waals surface area contributed by atoms with Crippen molar-refractivity contribution in [3.63, 3.8) is 0 Å². The van der Waals surface area contributed by atoms with Gasteiger partial charge >= 0.3 is 0 Å². The Morgan fingerprint density at radius 1 is 1.56 bits per heavy atom. The van der Waals surface area contributed by atoms with E-state index in [-0.39, 0.29) is 0 Å². The average Bonchev–Trinajstić information content (AvgIpc) is 2.88. The lowest BCUT2D eigenvalue weighted by atomic mass is 10.3. The number of H-pyrrole nitrogens is 1. The van der Waals surface area contributed by atoms with Crippen molar-refractivity contribution >= 4 is 0 Å². The van der Waals surface area contributed by atoms with Gasteiger partial charge in [0.05, 0.1) is 6.33 Å². The second-order valence-corrected chi connectivity index (χ2v) is 3.64. The highest BCUT2D eigenvalue weighted by molar-refractivity contribution is 5.28. The van der Waals surface area contributed by atoms with Gasteiger partial charge in [0.1, 0.15) is 11.8 Å². The zero-order chi connectivity index (χ0) is 11.4. The summed E-state index contributed by atoms with van der Waals surface area (Å²) < 4.78 is 1.83. The van der Waals surface area contributed by atoms with Crippen molar-refractivity contribution in [2.24, 2.45) is 7.05 Å². The normalized spacial score (nSPS) is 10.2. The van der Waals surface area contributed by atoms with Crippen molar-refractivity contribution in [2.45, 2.75) is 13.1 Å². The molecule has 5 heteroatoms. The third kappa shape index (κ3) is 2.30. The van der Waals surface area contributed by atoms with E-state index in [0.29, 0.717) is 5.69 Å². The van der Waals surface area contributed by atoms with Crippen molar-refractivity contribution in [3.05, 3.63) is 41.7 Å². The smallest absolute Gasteiger partial charge is 0.120 e. The Labute approximate surface area is 93.7 Å². The fourth-order valence-corrected chi connectivity index (χ4v) is 1.56. The first-order valence-corrected chi connectivity index (χ1v) is 5.03. The van der Waals surface area contributed by atoms with E-state index in [4.69, 9.17) is 5.26 Å². The summed E-state index contributed by atoms with van der Waals surface area (Å²) in [6.07, 6.45) is 5.41. The number of aryl methyl sites for hydroxylation is 1. The van der Waals surface area contributed by atoms with E-state index in [1.54, 1.807) is 12.5 Å². The van der Waals surface area contributed by atoms with Crippen LogP contribution in [0.5, 0.6) is 0 Å². The Morgan fingerprint density at radius 3 is 3.06 bits per heavy atom. The molecule has 16 heavy (non-hydrogen) atoms. The molecule has 2 N–H and O–H groups in total. The van der Waals surface area contributed by atoms with Gasteiger partial charge in [0.15, 0.2) is 0 Å². The number of nitrogens with one attached hydrogen (secondary N) is 2. The van der Waals surface area contributed by atoms with Gasteiger partial charge in [0.2, 0.25) is 0 Å². The van der Waals surface area contributed by atoms with E-state index in [0.717, 1.165) is 24.3 Å². The average molecular weight is 215 g/mol. The van der Waals surface area contributed by atoms with Gasteiger partial charge in [-0.2, -0.15) is 5.26 Å². The number of rotatable bonds is 4. The van der Waals surface area contributed by atoms with Crippen LogP contribution in [0.1, 0.15) is 17.0 Å². The summed E-state index contributed by atoms with van der Waals surface area (Å²) in [5.74, 6) is 0. The molecule has 2 aromatic heterocycles. The van der Waals surface area contributed by atoms with Gasteiger partial charge in [0, 0.05) is 38.2 Å². The third-order valence-electron chi connectivity index (χ3n) is 2.38. The van der Waals surface area contributed by atoms with E-state index in [1.165, 1.54) is 0 Å². The molecule has 2 aromatic rings. The summed E-state index contributed by atoms with van der Waals surface area (Å²) in [6.45, 7) is 1.49. The standard InChI is InChI=1S/C11H13N5/c1-16-7-9(2-11(16)3-12)4-13-5-10-6-14-8-15-10/h2,6-8,13H,4-5H2,1H3,(H,14,15). The SMILES string of the molecule is Cn1cc(CNCc2cnc[nH]2)cc1C#N. The molecule has 0 unspecified atom stereocenters. The largest absolute Gasteiger partial charge is 0.347 e. The van der Waals surface area contributed by atoms with Crippen LogP contribution in [0.15, 0.2) is 24.8 Å². The summed E-state index contributed by atoms with van der Waals surface area (Å²) in [5.41, 5.74) is 2.84. The van der Waals surface area contributed by atoms with Crippen LogP contribution in [0.25, 0.3) is 0 Å². The number of aromatic nitrogens is 3. The number of nitrogens with zero attached hydrogens (tertiary/aromatic N) is 3. The predicted molar refractivity (Wildman–Crippen MR) is 59.3 cm³/mol. The molecule has 0 aliphatic rings. The summed E-state index contributed by atoms with van der Waals surface area (Å²) in [6, 6.07) is 4.03. The monoisotopic (exact) mass is 215 g/mol. The van der Waals surface area contributed by atoms with Crippen molar-refractivity contribution in [1.29, 1.82) is 5.26 Å². The van der Waals surface area contributed by atoms with E-state index < -0.39 is 0 Å². The molecule has 0 aliphatic heterocycles. The molecular weight excluding hydrogens is 202 g/mol. The molecule has 82 valence electrons. The Bertz CT molecular complexity index is 489. The van der Waals surface area contributed by atoms with Gasteiger partial charge in [-0.15, -0.1) is 0 Å². The maximum atomic E-state index is 8.80. The second kappa shape index (κ2) is 4.64. The van der Waals surface area contributed by atoms with Crippen LogP contribution in [-0.2, 0) is 20.1 Å². The zero-order valence-corrected chi connectivity index (χ0v) is 9.07. The molecule has 0 amide bonds. The first kappa shape index (κ1) is 10.5. The molecule has 0 aliphatic carbocycles. The Balaban J connectivity index is 1.88. The summed E-state index contributed by atoms with van der Waals surface area (Å²) in [5, 5.41) is 12.1. The highest BCUT2D eigenvalue weighted by Crippen LogP contribution is 2.05. The molecule has 0 fully saturated rings. The number of hydrogen-bond acceptors (Lipinski definition) is 3. The van der Waals surface area contributed by atoms with Crippen LogP contribution in [0.2, 0.25) is 0 Å². The Kier molecular flexibility index (Phi) is 3.03. The van der Waals surface area contributed by atoms with Crippen LogP contribution < -0.4 is 5.32 Å². The lowest BCUT2D eigenvalue weighted by Gasteiger charge is -1.99. The molecule has 0 bridgehead atoms. The molecule has 0 spiro atoms. The van der Waals surface area contributed by atoms with Crippen LogP contribution in [0.3, 0.4) is 0 Å². The van der Waals surface area contributed by atoms with Gasteiger partial charge in [-0.1, -0.05) is 0 Å².